The number of hydrogen-bond acceptors (Lipinski definition) is 4. The summed E-state index contributed by atoms with van der Waals surface area (Å²) in [6, 6.07) is 21.9. The highest BCUT2D eigenvalue weighted by molar-refractivity contribution is 6.12. The molecular formula is C29H29NO3. The zero-order chi connectivity index (χ0) is 22.4. The van der Waals surface area contributed by atoms with Gasteiger partial charge in [0.25, 0.3) is 0 Å². The zero-order valence-electron chi connectivity index (χ0n) is 19.3. The fraction of sp³-hybridized carbons (Fsp3) is 0.310. The van der Waals surface area contributed by atoms with Crippen molar-refractivity contribution in [2.24, 2.45) is 0 Å². The SMILES string of the molecule is COc1cc2c3c(c4ccc(OCc5ccccc5)cc4c2cc1OC)C[C@H]1CCCN1C3. The molecule has 1 fully saturated rings. The number of methoxy groups -OCH3 is 2. The lowest BCUT2D eigenvalue weighted by Gasteiger charge is -2.33. The third-order valence-electron chi connectivity index (χ3n) is 7.37. The Morgan fingerprint density at radius 2 is 1.58 bits per heavy atom. The molecule has 2 heterocycles. The van der Waals surface area contributed by atoms with Crippen LogP contribution in [0.5, 0.6) is 17.2 Å². The number of hydrogen-bond donors (Lipinski definition) is 0. The molecule has 4 aromatic rings. The number of ether oxygens (including phenoxy) is 3. The monoisotopic (exact) mass is 439 g/mol. The van der Waals surface area contributed by atoms with Gasteiger partial charge in [-0.05, 0) is 88.3 Å². The Morgan fingerprint density at radius 3 is 2.36 bits per heavy atom. The van der Waals surface area contributed by atoms with Crippen molar-refractivity contribution in [3.63, 3.8) is 0 Å². The van der Waals surface area contributed by atoms with Gasteiger partial charge >= 0.3 is 0 Å². The van der Waals surface area contributed by atoms with E-state index in [1.54, 1.807) is 14.2 Å². The quantitative estimate of drug-likeness (QED) is 0.351. The summed E-state index contributed by atoms with van der Waals surface area (Å²) in [5.74, 6) is 2.43. The summed E-state index contributed by atoms with van der Waals surface area (Å²) in [5, 5.41) is 5.02. The van der Waals surface area contributed by atoms with Crippen molar-refractivity contribution in [3.8, 4) is 17.2 Å². The van der Waals surface area contributed by atoms with Gasteiger partial charge in [-0.15, -0.1) is 0 Å². The molecule has 6 rings (SSSR count). The molecule has 168 valence electrons. The molecule has 2 aliphatic rings. The molecule has 0 unspecified atom stereocenters. The van der Waals surface area contributed by atoms with Crippen molar-refractivity contribution in [2.75, 3.05) is 20.8 Å². The molecule has 0 N–H and O–H groups in total. The maximum atomic E-state index is 6.20. The second-order valence-electron chi connectivity index (χ2n) is 9.16. The molecule has 4 heteroatoms. The van der Waals surface area contributed by atoms with Crippen LogP contribution in [-0.2, 0) is 19.6 Å². The minimum absolute atomic E-state index is 0.559. The highest BCUT2D eigenvalue weighted by Crippen LogP contribution is 2.44. The molecule has 0 bridgehead atoms. The van der Waals surface area contributed by atoms with Crippen molar-refractivity contribution in [2.45, 2.75) is 38.5 Å². The van der Waals surface area contributed by atoms with E-state index in [4.69, 9.17) is 14.2 Å². The highest BCUT2D eigenvalue weighted by atomic mass is 16.5. The first-order valence-electron chi connectivity index (χ1n) is 11.8. The summed E-state index contributed by atoms with van der Waals surface area (Å²) in [6.45, 7) is 2.76. The van der Waals surface area contributed by atoms with Crippen LogP contribution in [0.1, 0.15) is 29.5 Å². The molecule has 1 atom stereocenters. The van der Waals surface area contributed by atoms with E-state index >= 15 is 0 Å². The lowest BCUT2D eigenvalue weighted by molar-refractivity contribution is 0.229. The van der Waals surface area contributed by atoms with Crippen LogP contribution in [0.2, 0.25) is 0 Å². The van der Waals surface area contributed by atoms with Gasteiger partial charge in [0.2, 0.25) is 0 Å². The minimum atomic E-state index is 0.559. The molecule has 33 heavy (non-hydrogen) atoms. The summed E-state index contributed by atoms with van der Waals surface area (Å²) in [4.78, 5) is 2.65. The first-order chi connectivity index (χ1) is 16.2. The van der Waals surface area contributed by atoms with Gasteiger partial charge in [-0.1, -0.05) is 36.4 Å². The minimum Gasteiger partial charge on any atom is -0.493 e. The molecule has 0 saturated carbocycles. The van der Waals surface area contributed by atoms with Crippen molar-refractivity contribution in [1.82, 2.24) is 4.90 Å². The van der Waals surface area contributed by atoms with Gasteiger partial charge in [0.1, 0.15) is 12.4 Å². The lowest BCUT2D eigenvalue weighted by Crippen LogP contribution is -2.35. The van der Waals surface area contributed by atoms with Gasteiger partial charge in [-0.3, -0.25) is 4.90 Å². The van der Waals surface area contributed by atoms with Gasteiger partial charge < -0.3 is 14.2 Å². The van der Waals surface area contributed by atoms with E-state index in [0.717, 1.165) is 30.2 Å². The summed E-state index contributed by atoms with van der Waals surface area (Å²) >= 11 is 0. The van der Waals surface area contributed by atoms with Crippen LogP contribution in [0, 0.1) is 0 Å². The van der Waals surface area contributed by atoms with E-state index in [2.05, 4.69) is 47.4 Å². The van der Waals surface area contributed by atoms with Crippen LogP contribution < -0.4 is 14.2 Å². The molecule has 2 aliphatic heterocycles. The van der Waals surface area contributed by atoms with E-state index in [-0.39, 0.29) is 0 Å². The number of nitrogens with zero attached hydrogens (tertiary/aromatic N) is 1. The van der Waals surface area contributed by atoms with E-state index in [9.17, 15) is 0 Å². The summed E-state index contributed by atoms with van der Waals surface area (Å²) < 4.78 is 17.6. The first kappa shape index (κ1) is 20.4. The topological polar surface area (TPSA) is 30.9 Å². The molecule has 4 aromatic carbocycles. The normalized spacial score (nSPS) is 17.7. The molecule has 4 nitrogen and oxygen atoms in total. The van der Waals surface area contributed by atoms with Crippen molar-refractivity contribution < 1.29 is 14.2 Å². The molecule has 0 spiro atoms. The third kappa shape index (κ3) is 3.50. The van der Waals surface area contributed by atoms with Gasteiger partial charge in [0.15, 0.2) is 11.5 Å². The molecule has 1 saturated heterocycles. The summed E-state index contributed by atoms with van der Waals surface area (Å²) in [5.41, 5.74) is 4.10. The van der Waals surface area contributed by atoms with Crippen LogP contribution in [-0.4, -0.2) is 31.7 Å². The smallest absolute Gasteiger partial charge is 0.161 e. The summed E-state index contributed by atoms with van der Waals surface area (Å²) in [7, 11) is 3.41. The number of rotatable bonds is 5. The standard InChI is InChI=1S/C29H29NO3/c1-31-28-15-25-24-14-21(33-18-19-7-4-3-5-8-19)10-11-22(24)23-13-20-9-6-12-30(20)17-27(23)26(25)16-29(28)32-2/h3-5,7-8,10-11,14-16,20H,6,9,12-13,17-18H2,1-2H3/t20-/m1/s1. The maximum absolute atomic E-state index is 6.20. The van der Waals surface area contributed by atoms with Crippen molar-refractivity contribution in [3.05, 3.63) is 77.4 Å². The van der Waals surface area contributed by atoms with Gasteiger partial charge in [0, 0.05) is 12.6 Å². The predicted octanol–water partition coefficient (Wildman–Crippen LogP) is 6.11. The Morgan fingerprint density at radius 1 is 0.818 bits per heavy atom. The fourth-order valence-electron chi connectivity index (χ4n) is 5.70. The van der Waals surface area contributed by atoms with E-state index in [1.165, 1.54) is 57.6 Å². The number of fused-ring (bicyclic) bond motifs is 7. The Balaban J connectivity index is 1.53. The molecule has 0 radical (unpaired) electrons. The van der Waals surface area contributed by atoms with Gasteiger partial charge in [-0.25, -0.2) is 0 Å². The fourth-order valence-corrected chi connectivity index (χ4v) is 5.70. The van der Waals surface area contributed by atoms with Crippen molar-refractivity contribution >= 4 is 21.5 Å². The second kappa shape index (κ2) is 8.27. The highest BCUT2D eigenvalue weighted by Gasteiger charge is 2.32. The van der Waals surface area contributed by atoms with Crippen LogP contribution in [0.4, 0.5) is 0 Å². The van der Waals surface area contributed by atoms with Gasteiger partial charge in [0.05, 0.1) is 14.2 Å². The lowest BCUT2D eigenvalue weighted by atomic mass is 9.85. The Bertz CT molecular complexity index is 1330. The van der Waals surface area contributed by atoms with Gasteiger partial charge in [-0.2, -0.15) is 0 Å². The summed E-state index contributed by atoms with van der Waals surface area (Å²) in [6.07, 6.45) is 3.70. The van der Waals surface area contributed by atoms with E-state index < -0.39 is 0 Å². The van der Waals surface area contributed by atoms with E-state index in [0.29, 0.717) is 12.6 Å². The Hall–Kier alpha value is -3.24. The van der Waals surface area contributed by atoms with Crippen molar-refractivity contribution in [1.29, 1.82) is 0 Å². The van der Waals surface area contributed by atoms with Crippen LogP contribution in [0.15, 0.2) is 60.7 Å². The molecule has 0 aliphatic carbocycles. The van der Waals surface area contributed by atoms with Crippen LogP contribution >= 0.6 is 0 Å². The molecule has 0 amide bonds. The molecule has 0 aromatic heterocycles. The maximum Gasteiger partial charge on any atom is 0.161 e. The Labute approximate surface area is 194 Å². The van der Waals surface area contributed by atoms with E-state index in [1.807, 2.05) is 18.2 Å². The first-order valence-corrected chi connectivity index (χ1v) is 11.8. The zero-order valence-corrected chi connectivity index (χ0v) is 19.3. The average molecular weight is 440 g/mol. The average Bonchev–Trinajstić information content (AvgIpc) is 3.34. The second-order valence-corrected chi connectivity index (χ2v) is 9.16. The predicted molar refractivity (Wildman–Crippen MR) is 132 cm³/mol. The molecular weight excluding hydrogens is 410 g/mol. The Kier molecular flexibility index (Phi) is 5.11. The third-order valence-corrected chi connectivity index (χ3v) is 7.37. The van der Waals surface area contributed by atoms with Crippen LogP contribution in [0.3, 0.4) is 0 Å². The largest absolute Gasteiger partial charge is 0.493 e. The van der Waals surface area contributed by atoms with Crippen LogP contribution in [0.25, 0.3) is 21.5 Å². The number of benzene rings is 4.